The molecule has 10 heteroatoms. The molecule has 0 fully saturated rings. The molecule has 2 N–H and O–H groups in total. The molecule has 0 spiro atoms. The van der Waals surface area contributed by atoms with Gasteiger partial charge >= 0.3 is 12.5 Å². The van der Waals surface area contributed by atoms with Crippen LogP contribution in [0.4, 0.5) is 26.3 Å². The van der Waals surface area contributed by atoms with Crippen LogP contribution < -0.4 is 10.5 Å². The number of nitrogens with zero attached hydrogens (tertiary/aromatic N) is 1. The Bertz CT molecular complexity index is 891. The van der Waals surface area contributed by atoms with Crippen LogP contribution in [0, 0.1) is 0 Å². The van der Waals surface area contributed by atoms with E-state index in [0.717, 1.165) is 18.2 Å². The van der Waals surface area contributed by atoms with Crippen LogP contribution in [0.1, 0.15) is 32.6 Å². The molecule has 4 nitrogen and oxygen atoms in total. The smallest absolute Gasteiger partial charge is 0.406 e. The molecule has 0 bridgehead atoms. The number of benzene rings is 2. The summed E-state index contributed by atoms with van der Waals surface area (Å²) in [7, 11) is 0. The van der Waals surface area contributed by atoms with E-state index in [2.05, 4.69) is 4.74 Å². The monoisotopic (exact) mass is 404 g/mol. The highest BCUT2D eigenvalue weighted by Gasteiger charge is 2.41. The van der Waals surface area contributed by atoms with Crippen LogP contribution in [0.2, 0.25) is 0 Å². The SMILES string of the molecule is NCc1cc2c(c(C(F)(F)F)c1)C(=O)N(Cc1ccc(OC(F)(F)F)cc1)C2. The van der Waals surface area contributed by atoms with Gasteiger partial charge in [0.25, 0.3) is 5.91 Å². The van der Waals surface area contributed by atoms with Crippen LogP contribution in [0.3, 0.4) is 0 Å². The Labute approximate surface area is 155 Å². The van der Waals surface area contributed by atoms with Crippen LogP contribution >= 0.6 is 0 Å². The second kappa shape index (κ2) is 7.01. The van der Waals surface area contributed by atoms with Gasteiger partial charge in [0.15, 0.2) is 0 Å². The average molecular weight is 404 g/mol. The Morgan fingerprint density at radius 2 is 1.64 bits per heavy atom. The maximum absolute atomic E-state index is 13.3. The number of hydrogen-bond acceptors (Lipinski definition) is 3. The molecule has 0 radical (unpaired) electrons. The van der Waals surface area contributed by atoms with Crippen molar-refractivity contribution in [2.24, 2.45) is 5.73 Å². The first-order valence-electron chi connectivity index (χ1n) is 8.05. The Balaban J connectivity index is 1.83. The molecule has 1 aliphatic heterocycles. The number of nitrogens with two attached hydrogens (primary N) is 1. The third kappa shape index (κ3) is 4.22. The van der Waals surface area contributed by atoms with Crippen molar-refractivity contribution in [2.45, 2.75) is 32.2 Å². The molecule has 0 saturated carbocycles. The second-order valence-electron chi connectivity index (χ2n) is 6.23. The van der Waals surface area contributed by atoms with Crippen molar-refractivity contribution in [3.63, 3.8) is 0 Å². The van der Waals surface area contributed by atoms with Gasteiger partial charge in [-0.2, -0.15) is 13.2 Å². The van der Waals surface area contributed by atoms with Crippen molar-refractivity contribution < 1.29 is 35.9 Å². The summed E-state index contributed by atoms with van der Waals surface area (Å²) < 4.78 is 80.4. The van der Waals surface area contributed by atoms with E-state index in [1.807, 2.05) is 0 Å². The predicted molar refractivity (Wildman–Crippen MR) is 86.0 cm³/mol. The zero-order valence-corrected chi connectivity index (χ0v) is 14.2. The minimum atomic E-state index is -4.83. The summed E-state index contributed by atoms with van der Waals surface area (Å²) in [4.78, 5) is 13.7. The number of carbonyl (C=O) groups is 1. The van der Waals surface area contributed by atoms with Gasteiger partial charge in [-0.25, -0.2) is 0 Å². The fourth-order valence-electron chi connectivity index (χ4n) is 3.07. The molecule has 2 aromatic rings. The topological polar surface area (TPSA) is 55.6 Å². The Morgan fingerprint density at radius 3 is 2.18 bits per heavy atom. The number of rotatable bonds is 4. The van der Waals surface area contributed by atoms with Crippen molar-refractivity contribution in [1.29, 1.82) is 0 Å². The molecule has 150 valence electrons. The molecule has 0 aliphatic carbocycles. The first-order valence-corrected chi connectivity index (χ1v) is 8.05. The number of hydrogen-bond donors (Lipinski definition) is 1. The Kier molecular flexibility index (Phi) is 5.00. The first kappa shape index (κ1) is 20.0. The molecule has 1 amide bonds. The molecule has 0 saturated heterocycles. The third-order valence-electron chi connectivity index (χ3n) is 4.21. The van der Waals surface area contributed by atoms with Crippen LogP contribution in [0.25, 0.3) is 0 Å². The minimum absolute atomic E-state index is 0.0497. The number of carbonyl (C=O) groups excluding carboxylic acids is 1. The van der Waals surface area contributed by atoms with Crippen LogP contribution in [-0.2, 0) is 25.8 Å². The number of ether oxygens (including phenoxy) is 1. The number of alkyl halides is 6. The lowest BCUT2D eigenvalue weighted by atomic mass is 9.99. The zero-order chi connectivity index (χ0) is 20.7. The van der Waals surface area contributed by atoms with Gasteiger partial charge in [-0.1, -0.05) is 18.2 Å². The van der Waals surface area contributed by atoms with Crippen molar-refractivity contribution in [1.82, 2.24) is 4.90 Å². The Morgan fingerprint density at radius 1 is 1.00 bits per heavy atom. The summed E-state index contributed by atoms with van der Waals surface area (Å²) in [6, 6.07) is 7.10. The normalized spacial score (nSPS) is 14.4. The van der Waals surface area contributed by atoms with Gasteiger partial charge < -0.3 is 15.4 Å². The third-order valence-corrected chi connectivity index (χ3v) is 4.21. The fourth-order valence-corrected chi connectivity index (χ4v) is 3.07. The first-order chi connectivity index (χ1) is 13.0. The molecule has 3 rings (SSSR count). The van der Waals surface area contributed by atoms with Crippen molar-refractivity contribution in [3.8, 4) is 5.75 Å². The number of fused-ring (bicyclic) bond motifs is 1. The van der Waals surface area contributed by atoms with Crippen molar-refractivity contribution in [3.05, 3.63) is 64.2 Å². The van der Waals surface area contributed by atoms with E-state index in [1.165, 1.54) is 23.1 Å². The van der Waals surface area contributed by atoms with Crippen LogP contribution in [0.15, 0.2) is 36.4 Å². The van der Waals surface area contributed by atoms with Gasteiger partial charge in [-0.15, -0.1) is 13.2 Å². The van der Waals surface area contributed by atoms with Crippen LogP contribution in [-0.4, -0.2) is 17.2 Å². The molecular formula is C18H14F6N2O2. The highest BCUT2D eigenvalue weighted by molar-refractivity contribution is 6.00. The second-order valence-corrected chi connectivity index (χ2v) is 6.23. The van der Waals surface area contributed by atoms with Crippen molar-refractivity contribution >= 4 is 5.91 Å². The van der Waals surface area contributed by atoms with E-state index in [1.54, 1.807) is 0 Å². The molecule has 1 heterocycles. The van der Waals surface area contributed by atoms with E-state index in [-0.39, 0.29) is 30.8 Å². The van der Waals surface area contributed by atoms with E-state index in [0.29, 0.717) is 5.56 Å². The van der Waals surface area contributed by atoms with E-state index in [9.17, 15) is 31.1 Å². The van der Waals surface area contributed by atoms with Gasteiger partial charge in [-0.3, -0.25) is 4.79 Å². The van der Waals surface area contributed by atoms with Gasteiger partial charge in [0.1, 0.15) is 5.75 Å². The predicted octanol–water partition coefficient (Wildman–Crippen LogP) is 4.22. The van der Waals surface area contributed by atoms with E-state index < -0.39 is 35.3 Å². The minimum Gasteiger partial charge on any atom is -0.406 e. The van der Waals surface area contributed by atoms with E-state index >= 15 is 0 Å². The zero-order valence-electron chi connectivity index (χ0n) is 14.2. The molecule has 2 aromatic carbocycles. The maximum atomic E-state index is 13.3. The highest BCUT2D eigenvalue weighted by atomic mass is 19.4. The maximum Gasteiger partial charge on any atom is 0.573 e. The fraction of sp³-hybridized carbons (Fsp3) is 0.278. The molecular weight excluding hydrogens is 390 g/mol. The highest BCUT2D eigenvalue weighted by Crippen LogP contribution is 2.38. The lowest BCUT2D eigenvalue weighted by molar-refractivity contribution is -0.274. The van der Waals surface area contributed by atoms with Crippen molar-refractivity contribution in [2.75, 3.05) is 0 Å². The van der Waals surface area contributed by atoms with Gasteiger partial charge in [0.2, 0.25) is 0 Å². The standard InChI is InChI=1S/C18H14F6N2O2/c19-17(20,21)14-6-11(7-25)5-12-9-26(16(27)15(12)14)8-10-1-3-13(4-2-10)28-18(22,23)24/h1-6H,7-9,25H2. The average Bonchev–Trinajstić information content (AvgIpc) is 2.89. The molecule has 0 atom stereocenters. The summed E-state index contributed by atoms with van der Waals surface area (Å²) in [5.41, 5.74) is 4.92. The summed E-state index contributed by atoms with van der Waals surface area (Å²) in [5, 5.41) is 0. The lowest BCUT2D eigenvalue weighted by Crippen LogP contribution is -2.24. The largest absolute Gasteiger partial charge is 0.573 e. The molecule has 0 unspecified atom stereocenters. The summed E-state index contributed by atoms with van der Waals surface area (Å²) in [6.07, 6.45) is -9.54. The molecule has 28 heavy (non-hydrogen) atoms. The molecule has 0 aromatic heterocycles. The molecule has 1 aliphatic rings. The van der Waals surface area contributed by atoms with Crippen LogP contribution in [0.5, 0.6) is 5.75 Å². The summed E-state index contributed by atoms with van der Waals surface area (Å²) >= 11 is 0. The lowest BCUT2D eigenvalue weighted by Gasteiger charge is -2.17. The number of amides is 1. The van der Waals surface area contributed by atoms with E-state index in [4.69, 9.17) is 5.73 Å². The quantitative estimate of drug-likeness (QED) is 0.777. The Hall–Kier alpha value is -2.75. The number of halogens is 6. The summed E-state index contributed by atoms with van der Waals surface area (Å²) in [6.45, 7) is -0.216. The summed E-state index contributed by atoms with van der Waals surface area (Å²) in [5.74, 6) is -1.22. The van der Waals surface area contributed by atoms with Gasteiger partial charge in [0.05, 0.1) is 11.1 Å². The van der Waals surface area contributed by atoms with Gasteiger partial charge in [0, 0.05) is 19.6 Å². The van der Waals surface area contributed by atoms with Gasteiger partial charge in [-0.05, 0) is 34.9 Å².